The molecule has 0 fully saturated rings. The molecule has 0 spiro atoms. The highest BCUT2D eigenvalue weighted by molar-refractivity contribution is 8.00. The molecule has 0 bridgehead atoms. The van der Waals surface area contributed by atoms with Crippen LogP contribution in [0.2, 0.25) is 0 Å². The van der Waals surface area contributed by atoms with Gasteiger partial charge in [-0.3, -0.25) is 9.69 Å². The molecule has 3 aromatic carbocycles. The first-order valence-corrected chi connectivity index (χ1v) is 11.7. The van der Waals surface area contributed by atoms with Crippen molar-refractivity contribution in [3.63, 3.8) is 0 Å². The second kappa shape index (κ2) is 8.24. The minimum absolute atomic E-state index is 0.0186. The highest BCUT2D eigenvalue weighted by atomic mass is 32.2. The molecule has 0 saturated carbocycles. The van der Waals surface area contributed by atoms with Crippen molar-refractivity contribution in [3.8, 4) is 11.4 Å². The van der Waals surface area contributed by atoms with Crippen molar-refractivity contribution in [2.24, 2.45) is 7.05 Å². The molecule has 7 heteroatoms. The number of aryl methyl sites for hydroxylation is 1. The quantitative estimate of drug-likeness (QED) is 0.377. The van der Waals surface area contributed by atoms with E-state index in [-0.39, 0.29) is 11.7 Å². The van der Waals surface area contributed by atoms with Gasteiger partial charge in [-0.15, -0.1) is 10.2 Å². The largest absolute Gasteiger partial charge is 0.305 e. The zero-order chi connectivity index (χ0) is 21.4. The lowest BCUT2D eigenvalue weighted by molar-refractivity contribution is -0.115. The van der Waals surface area contributed by atoms with E-state index >= 15 is 0 Å². The van der Waals surface area contributed by atoms with Crippen LogP contribution in [-0.2, 0) is 11.8 Å². The van der Waals surface area contributed by atoms with Gasteiger partial charge in [0, 0.05) is 22.4 Å². The molecule has 0 atom stereocenters. The predicted octanol–water partition coefficient (Wildman–Crippen LogP) is 5.71. The van der Waals surface area contributed by atoms with E-state index in [4.69, 9.17) is 0 Å². The normalized spacial score (nSPS) is 12.4. The fraction of sp³-hybridized carbons (Fsp3) is 0.125. The van der Waals surface area contributed by atoms with Crippen LogP contribution in [0, 0.1) is 6.92 Å². The van der Waals surface area contributed by atoms with E-state index < -0.39 is 0 Å². The summed E-state index contributed by atoms with van der Waals surface area (Å²) >= 11 is 3.10. The van der Waals surface area contributed by atoms with E-state index in [1.54, 1.807) is 11.8 Å². The van der Waals surface area contributed by atoms with Gasteiger partial charge in [-0.2, -0.15) is 0 Å². The topological polar surface area (TPSA) is 51.0 Å². The molecule has 1 aliphatic heterocycles. The molecule has 1 amide bonds. The number of carbonyl (C=O) groups is 1. The highest BCUT2D eigenvalue weighted by Gasteiger charge is 2.28. The zero-order valence-corrected chi connectivity index (χ0v) is 18.8. The fourth-order valence-electron chi connectivity index (χ4n) is 3.56. The molecule has 0 saturated heterocycles. The van der Waals surface area contributed by atoms with Crippen molar-refractivity contribution in [1.82, 2.24) is 14.8 Å². The molecule has 4 aromatic rings. The Balaban J connectivity index is 1.39. The molecule has 0 radical (unpaired) electrons. The summed E-state index contributed by atoms with van der Waals surface area (Å²) in [7, 11) is 1.93. The van der Waals surface area contributed by atoms with Gasteiger partial charge in [-0.1, -0.05) is 77.6 Å². The number of benzene rings is 3. The van der Waals surface area contributed by atoms with Crippen LogP contribution >= 0.6 is 23.5 Å². The van der Waals surface area contributed by atoms with Crippen LogP contribution in [0.5, 0.6) is 0 Å². The molecule has 154 valence electrons. The lowest BCUT2D eigenvalue weighted by Gasteiger charge is -2.30. The van der Waals surface area contributed by atoms with Crippen LogP contribution in [0.4, 0.5) is 11.4 Å². The molecule has 31 heavy (non-hydrogen) atoms. The Morgan fingerprint density at radius 1 is 0.903 bits per heavy atom. The highest BCUT2D eigenvalue weighted by Crippen LogP contribution is 2.48. The molecule has 5 nitrogen and oxygen atoms in total. The maximum Gasteiger partial charge on any atom is 0.242 e. The Morgan fingerprint density at radius 2 is 1.52 bits per heavy atom. The number of hydrogen-bond donors (Lipinski definition) is 0. The first kappa shape index (κ1) is 19.9. The number of fused-ring (bicyclic) bond motifs is 2. The second-order valence-electron chi connectivity index (χ2n) is 7.29. The number of nitrogens with zero attached hydrogens (tertiary/aromatic N) is 4. The van der Waals surface area contributed by atoms with Gasteiger partial charge in [0.15, 0.2) is 11.0 Å². The Morgan fingerprint density at radius 3 is 2.16 bits per heavy atom. The standard InChI is InChI=1S/C24H20N4OS2/c1-16-11-13-17(14-12-16)23-25-26-24(27(23)2)30-15-22(29)28-18-7-3-5-9-20(18)31-21-10-6-4-8-19(21)28/h3-14H,15H2,1-2H3. The lowest BCUT2D eigenvalue weighted by Crippen LogP contribution is -2.30. The maximum absolute atomic E-state index is 13.4. The van der Waals surface area contributed by atoms with Crippen molar-refractivity contribution in [1.29, 1.82) is 0 Å². The number of anilines is 2. The van der Waals surface area contributed by atoms with E-state index in [1.807, 2.05) is 65.0 Å². The van der Waals surface area contributed by atoms with E-state index in [9.17, 15) is 4.79 Å². The number of amides is 1. The Bertz CT molecular complexity index is 1220. The summed E-state index contributed by atoms with van der Waals surface area (Å²) in [6, 6.07) is 24.3. The van der Waals surface area contributed by atoms with Gasteiger partial charge >= 0.3 is 0 Å². The van der Waals surface area contributed by atoms with Gasteiger partial charge in [-0.25, -0.2) is 0 Å². The maximum atomic E-state index is 13.4. The van der Waals surface area contributed by atoms with E-state index in [2.05, 4.69) is 41.4 Å². The number of para-hydroxylation sites is 2. The Kier molecular flexibility index (Phi) is 5.29. The van der Waals surface area contributed by atoms with E-state index in [1.165, 1.54) is 17.3 Å². The third-order valence-electron chi connectivity index (χ3n) is 5.15. The third kappa shape index (κ3) is 3.75. The minimum Gasteiger partial charge on any atom is -0.305 e. The Hall–Kier alpha value is -3.03. The van der Waals surface area contributed by atoms with Crippen molar-refractivity contribution in [3.05, 3.63) is 78.4 Å². The van der Waals surface area contributed by atoms with Crippen LogP contribution in [0.25, 0.3) is 11.4 Å². The van der Waals surface area contributed by atoms with Gasteiger partial charge < -0.3 is 4.57 Å². The smallest absolute Gasteiger partial charge is 0.242 e. The number of thioether (sulfide) groups is 1. The van der Waals surface area contributed by atoms with Gasteiger partial charge in [0.25, 0.3) is 0 Å². The van der Waals surface area contributed by atoms with Crippen molar-refractivity contribution in [2.45, 2.75) is 21.9 Å². The molecular weight excluding hydrogens is 424 g/mol. The number of hydrogen-bond acceptors (Lipinski definition) is 5. The van der Waals surface area contributed by atoms with Crippen molar-refractivity contribution < 1.29 is 4.79 Å². The zero-order valence-electron chi connectivity index (χ0n) is 17.1. The fourth-order valence-corrected chi connectivity index (χ4v) is 5.38. The van der Waals surface area contributed by atoms with E-state index in [0.717, 1.165) is 37.7 Å². The summed E-state index contributed by atoms with van der Waals surface area (Å²) in [6.45, 7) is 2.06. The molecule has 1 aromatic heterocycles. The first-order chi connectivity index (χ1) is 15.1. The van der Waals surface area contributed by atoms with Gasteiger partial charge in [-0.05, 0) is 31.2 Å². The third-order valence-corrected chi connectivity index (χ3v) is 7.29. The van der Waals surface area contributed by atoms with Gasteiger partial charge in [0.2, 0.25) is 5.91 Å². The minimum atomic E-state index is 0.0186. The summed E-state index contributed by atoms with van der Waals surface area (Å²) in [5, 5.41) is 9.38. The average molecular weight is 445 g/mol. The second-order valence-corrected chi connectivity index (χ2v) is 9.31. The van der Waals surface area contributed by atoms with Crippen LogP contribution in [0.3, 0.4) is 0 Å². The summed E-state index contributed by atoms with van der Waals surface area (Å²) in [5.41, 5.74) is 4.06. The lowest BCUT2D eigenvalue weighted by atomic mass is 10.1. The van der Waals surface area contributed by atoms with E-state index in [0.29, 0.717) is 0 Å². The van der Waals surface area contributed by atoms with Crippen LogP contribution in [-0.4, -0.2) is 26.4 Å². The number of carbonyl (C=O) groups excluding carboxylic acids is 1. The Labute approximate surface area is 189 Å². The van der Waals surface area contributed by atoms with Crippen LogP contribution < -0.4 is 4.90 Å². The summed E-state index contributed by atoms with van der Waals surface area (Å²) in [6.07, 6.45) is 0. The van der Waals surface area contributed by atoms with Crippen molar-refractivity contribution in [2.75, 3.05) is 10.7 Å². The predicted molar refractivity (Wildman–Crippen MR) is 126 cm³/mol. The SMILES string of the molecule is Cc1ccc(-c2nnc(SCC(=O)N3c4ccccc4Sc4ccccc43)n2C)cc1. The number of rotatable bonds is 4. The number of aromatic nitrogens is 3. The van der Waals surface area contributed by atoms with Gasteiger partial charge in [0.1, 0.15) is 0 Å². The average Bonchev–Trinajstić information content (AvgIpc) is 3.16. The van der Waals surface area contributed by atoms with Crippen LogP contribution in [0.1, 0.15) is 5.56 Å². The molecular formula is C24H20N4OS2. The molecule has 2 heterocycles. The molecule has 0 N–H and O–H groups in total. The molecule has 5 rings (SSSR count). The summed E-state index contributed by atoms with van der Waals surface area (Å²) < 4.78 is 1.94. The molecule has 0 aliphatic carbocycles. The summed E-state index contributed by atoms with van der Waals surface area (Å²) in [4.78, 5) is 17.4. The summed E-state index contributed by atoms with van der Waals surface area (Å²) in [5.74, 6) is 1.08. The van der Waals surface area contributed by atoms with Gasteiger partial charge in [0.05, 0.1) is 17.1 Å². The first-order valence-electron chi connectivity index (χ1n) is 9.90. The molecule has 0 unspecified atom stereocenters. The van der Waals surface area contributed by atoms with Crippen molar-refractivity contribution >= 4 is 40.8 Å². The monoisotopic (exact) mass is 444 g/mol. The molecule has 1 aliphatic rings. The van der Waals surface area contributed by atoms with Crippen LogP contribution in [0.15, 0.2) is 87.7 Å².